The van der Waals surface area contributed by atoms with Gasteiger partial charge in [-0.3, -0.25) is 19.9 Å². The van der Waals surface area contributed by atoms with E-state index in [0.717, 1.165) is 64.6 Å². The molecule has 5 heterocycles. The maximum Gasteiger partial charge on any atom is 0.227 e. The minimum atomic E-state index is 0.0676. The van der Waals surface area contributed by atoms with Gasteiger partial charge < -0.3 is 10.3 Å². The molecule has 0 radical (unpaired) electrons. The molecule has 5 aromatic heterocycles. The lowest BCUT2D eigenvalue weighted by Crippen LogP contribution is -2.20. The lowest BCUT2D eigenvalue weighted by molar-refractivity contribution is -0.119. The van der Waals surface area contributed by atoms with Crippen LogP contribution in [-0.2, 0) is 4.79 Å². The number of pyridine rings is 3. The van der Waals surface area contributed by atoms with Crippen LogP contribution in [0, 0.1) is 5.92 Å². The average Bonchev–Trinajstić information content (AvgIpc) is 3.73. The number of imidazole rings is 1. The van der Waals surface area contributed by atoms with Crippen molar-refractivity contribution in [3.8, 4) is 33.9 Å². The average molecular weight is 501 g/mol. The van der Waals surface area contributed by atoms with E-state index >= 15 is 0 Å². The predicted octanol–water partition coefficient (Wildman–Crippen LogP) is 5.75. The number of anilines is 1. The third kappa shape index (κ3) is 3.98. The van der Waals surface area contributed by atoms with Crippen LogP contribution in [0.5, 0.6) is 0 Å². The van der Waals surface area contributed by atoms with Gasteiger partial charge in [0.05, 0.1) is 34.1 Å². The summed E-state index contributed by atoms with van der Waals surface area (Å²) < 4.78 is 0. The van der Waals surface area contributed by atoms with Crippen molar-refractivity contribution < 1.29 is 4.79 Å². The summed E-state index contributed by atoms with van der Waals surface area (Å²) in [6.07, 6.45) is 11.1. The van der Waals surface area contributed by atoms with Gasteiger partial charge >= 0.3 is 0 Å². The molecule has 186 valence electrons. The molecule has 38 heavy (non-hydrogen) atoms. The molecule has 7 rings (SSSR count). The number of aromatic nitrogens is 7. The number of H-pyrrole nitrogens is 2. The summed E-state index contributed by atoms with van der Waals surface area (Å²) in [6.45, 7) is 0. The lowest BCUT2D eigenvalue weighted by Gasteiger charge is -2.11. The summed E-state index contributed by atoms with van der Waals surface area (Å²) in [6, 6.07) is 15.8. The van der Waals surface area contributed by atoms with E-state index in [1.165, 1.54) is 0 Å². The van der Waals surface area contributed by atoms with E-state index in [1.807, 2.05) is 48.5 Å². The Bertz CT molecular complexity index is 1780. The molecule has 0 spiro atoms. The van der Waals surface area contributed by atoms with Crippen molar-refractivity contribution in [1.82, 2.24) is 35.1 Å². The Hall–Kier alpha value is -4.92. The van der Waals surface area contributed by atoms with Gasteiger partial charge in [-0.2, -0.15) is 5.10 Å². The van der Waals surface area contributed by atoms with E-state index < -0.39 is 0 Å². The van der Waals surface area contributed by atoms with Crippen molar-refractivity contribution in [3.05, 3.63) is 73.3 Å². The molecule has 0 aliphatic heterocycles. The number of amides is 1. The maximum atomic E-state index is 12.6. The van der Waals surface area contributed by atoms with E-state index in [-0.39, 0.29) is 11.8 Å². The number of hydrogen-bond acceptors (Lipinski definition) is 6. The molecule has 0 atom stereocenters. The molecule has 1 saturated carbocycles. The van der Waals surface area contributed by atoms with Crippen molar-refractivity contribution >= 4 is 33.7 Å². The molecule has 0 saturated heterocycles. The molecule has 9 heteroatoms. The third-order valence-electron chi connectivity index (χ3n) is 7.16. The van der Waals surface area contributed by atoms with Gasteiger partial charge in [-0.15, -0.1) is 0 Å². The maximum absolute atomic E-state index is 12.6. The van der Waals surface area contributed by atoms with Crippen molar-refractivity contribution in [1.29, 1.82) is 0 Å². The number of benzene rings is 1. The van der Waals surface area contributed by atoms with Crippen molar-refractivity contribution in [2.24, 2.45) is 5.92 Å². The zero-order valence-electron chi connectivity index (χ0n) is 20.5. The first kappa shape index (κ1) is 22.3. The van der Waals surface area contributed by atoms with Crippen LogP contribution in [0.15, 0.2) is 73.3 Å². The van der Waals surface area contributed by atoms with Crippen LogP contribution >= 0.6 is 0 Å². The Balaban J connectivity index is 1.25. The number of carbonyl (C=O) groups excluding carboxylic acids is 1. The van der Waals surface area contributed by atoms with E-state index in [1.54, 1.807) is 24.8 Å². The zero-order valence-corrected chi connectivity index (χ0v) is 20.5. The van der Waals surface area contributed by atoms with Crippen molar-refractivity contribution in [2.45, 2.75) is 25.7 Å². The van der Waals surface area contributed by atoms with Crippen molar-refractivity contribution in [3.63, 3.8) is 0 Å². The molecule has 0 bridgehead atoms. The molecule has 1 amide bonds. The van der Waals surface area contributed by atoms with E-state index in [2.05, 4.69) is 30.5 Å². The molecule has 0 unspecified atom stereocenters. The second-order valence-corrected chi connectivity index (χ2v) is 9.62. The van der Waals surface area contributed by atoms with Crippen molar-refractivity contribution in [2.75, 3.05) is 5.32 Å². The first-order valence-corrected chi connectivity index (χ1v) is 12.7. The first-order valence-electron chi connectivity index (χ1n) is 12.7. The number of fused-ring (bicyclic) bond motifs is 2. The van der Waals surface area contributed by atoms with Gasteiger partial charge in [0.15, 0.2) is 11.5 Å². The van der Waals surface area contributed by atoms with Gasteiger partial charge in [0, 0.05) is 35.6 Å². The van der Waals surface area contributed by atoms with Crippen LogP contribution in [0.2, 0.25) is 0 Å². The van der Waals surface area contributed by atoms with Crippen LogP contribution in [0.25, 0.3) is 56.0 Å². The van der Waals surface area contributed by atoms with Crippen LogP contribution in [0.4, 0.5) is 5.69 Å². The summed E-state index contributed by atoms with van der Waals surface area (Å²) in [5.74, 6) is 0.788. The van der Waals surface area contributed by atoms with E-state index in [4.69, 9.17) is 9.97 Å². The molecule has 9 nitrogen and oxygen atoms in total. The zero-order chi connectivity index (χ0) is 25.5. The number of rotatable bonds is 5. The summed E-state index contributed by atoms with van der Waals surface area (Å²) >= 11 is 0. The quantitative estimate of drug-likeness (QED) is 0.277. The molecule has 1 aliphatic rings. The Morgan fingerprint density at radius 2 is 1.74 bits per heavy atom. The Morgan fingerprint density at radius 1 is 0.868 bits per heavy atom. The molecule has 1 aromatic carbocycles. The molecule has 1 aliphatic carbocycles. The number of para-hydroxylation sites is 1. The molecule has 6 aromatic rings. The minimum Gasteiger partial charge on any atom is -0.336 e. The number of nitrogens with one attached hydrogen (secondary N) is 3. The monoisotopic (exact) mass is 500 g/mol. The highest BCUT2D eigenvalue weighted by Crippen LogP contribution is 2.32. The second-order valence-electron chi connectivity index (χ2n) is 9.62. The summed E-state index contributed by atoms with van der Waals surface area (Å²) in [5, 5.41) is 10.6. The van der Waals surface area contributed by atoms with Crippen LogP contribution in [0.1, 0.15) is 25.7 Å². The van der Waals surface area contributed by atoms with Gasteiger partial charge in [0.2, 0.25) is 5.91 Å². The SMILES string of the molecule is O=C(Nc1cncc(-c2ccc3[nH]nc(-c4nc5c(-c6ccncc6)cccc5[nH]4)c3n2)c1)C1CCCC1. The molecular weight excluding hydrogens is 476 g/mol. The predicted molar refractivity (Wildman–Crippen MR) is 146 cm³/mol. The standard InChI is InChI=1S/C29H24N8O/c38-29(18-4-1-2-5-18)32-20-14-19(15-31-16-20)22-8-9-24-26(33-22)27(37-36-24)28-34-23-7-3-6-21(25(23)35-28)17-10-12-30-13-11-17/h3,6-16,18H,1-2,4-5H2,(H,32,38)(H,34,35)(H,36,37). The second kappa shape index (κ2) is 9.19. The first-order chi connectivity index (χ1) is 18.7. The fourth-order valence-corrected chi connectivity index (χ4v) is 5.21. The largest absolute Gasteiger partial charge is 0.336 e. The Kier molecular flexibility index (Phi) is 5.39. The van der Waals surface area contributed by atoms with Gasteiger partial charge in [0.25, 0.3) is 0 Å². The van der Waals surface area contributed by atoms with Gasteiger partial charge in [-0.1, -0.05) is 25.0 Å². The fourth-order valence-electron chi connectivity index (χ4n) is 5.21. The van der Waals surface area contributed by atoms with Gasteiger partial charge in [-0.05, 0) is 54.8 Å². The molecule has 3 N–H and O–H groups in total. The highest BCUT2D eigenvalue weighted by atomic mass is 16.1. The highest BCUT2D eigenvalue weighted by molar-refractivity contribution is 5.96. The van der Waals surface area contributed by atoms with E-state index in [0.29, 0.717) is 22.7 Å². The third-order valence-corrected chi connectivity index (χ3v) is 7.16. The van der Waals surface area contributed by atoms with Crippen LogP contribution < -0.4 is 5.32 Å². The smallest absolute Gasteiger partial charge is 0.227 e. The fraction of sp³-hybridized carbons (Fsp3) is 0.172. The summed E-state index contributed by atoms with van der Waals surface area (Å²) in [4.78, 5) is 34.3. The topological polar surface area (TPSA) is 125 Å². The number of carbonyl (C=O) groups is 1. The number of aromatic amines is 2. The van der Waals surface area contributed by atoms with Crippen LogP contribution in [0.3, 0.4) is 0 Å². The Morgan fingerprint density at radius 3 is 2.61 bits per heavy atom. The van der Waals surface area contributed by atoms with E-state index in [9.17, 15) is 4.79 Å². The molecular formula is C29H24N8O. The highest BCUT2D eigenvalue weighted by Gasteiger charge is 2.23. The van der Waals surface area contributed by atoms with Crippen LogP contribution in [-0.4, -0.2) is 41.0 Å². The number of nitrogens with zero attached hydrogens (tertiary/aromatic N) is 5. The molecule has 1 fully saturated rings. The normalized spacial score (nSPS) is 13.9. The Labute approximate surface area is 217 Å². The minimum absolute atomic E-state index is 0.0676. The summed E-state index contributed by atoms with van der Waals surface area (Å²) in [5.41, 5.74) is 8.20. The van der Waals surface area contributed by atoms with Gasteiger partial charge in [0.1, 0.15) is 5.52 Å². The lowest BCUT2D eigenvalue weighted by atomic mass is 10.1. The number of hydrogen-bond donors (Lipinski definition) is 3. The van der Waals surface area contributed by atoms with Gasteiger partial charge in [-0.25, -0.2) is 9.97 Å². The summed E-state index contributed by atoms with van der Waals surface area (Å²) in [7, 11) is 0.